The highest BCUT2D eigenvalue weighted by Crippen LogP contribution is 2.44. The minimum Gasteiger partial charge on any atom is -0.744 e. The summed E-state index contributed by atoms with van der Waals surface area (Å²) in [6, 6.07) is 9.62. The molecule has 7 N–H and O–H groups in total. The third-order valence-corrected chi connectivity index (χ3v) is 11.6. The fourth-order valence-electron chi connectivity index (χ4n) is 5.88. The molecule has 0 aromatic heterocycles. The van der Waals surface area contributed by atoms with Gasteiger partial charge in [0.25, 0.3) is 0 Å². The standard InChI is InChI=1S/C21H15NO9S2.C14H23N3O5S/c1-10-6-7-13-16(11-4-2-3-5-12(11)21(23)24)14-8-9-15(22)20(33(28,29)30)18(14)31-17(13)19(10)32(25,26)27;1-9(18)16-5-3-2-4-6-17-12(19)7-11(13(17)20)23-8-10(15)14(21)22/h2-9H,1,22H2,(H,23,24)(H,25,26,27)(H,28,29,30);10-11H,2-8,15H2,1H3,(H,16,18)(H,21,22)/p-2/t;10-,11?/m.0/s1. The molecule has 2 atom stereocenters. The molecule has 56 heavy (non-hydrogen) atoms. The van der Waals surface area contributed by atoms with Crippen LogP contribution in [0.25, 0.3) is 12.2 Å². The molecule has 21 heteroatoms. The number of rotatable bonds is 14. The number of carbonyl (C=O) groups is 5. The maximum absolute atomic E-state index is 12.1. The number of carbonyl (C=O) groups excluding carboxylic acids is 3. The zero-order valence-electron chi connectivity index (χ0n) is 29.6. The Morgan fingerprint density at radius 1 is 0.964 bits per heavy atom. The molecule has 2 aliphatic heterocycles. The molecule has 3 amide bonds. The summed E-state index contributed by atoms with van der Waals surface area (Å²) in [5.74, 6) is -4.12. The lowest BCUT2D eigenvalue weighted by atomic mass is 9.89. The molecule has 18 nitrogen and oxygen atoms in total. The van der Waals surface area contributed by atoms with Gasteiger partial charge in [0.05, 0.1) is 16.5 Å². The van der Waals surface area contributed by atoms with Crippen molar-refractivity contribution in [3.8, 4) is 11.5 Å². The van der Waals surface area contributed by atoms with Crippen molar-refractivity contribution in [3.63, 3.8) is 0 Å². The molecule has 0 radical (unpaired) electrons. The number of unbranched alkanes of at least 4 members (excludes halogenated alkanes) is 2. The normalized spacial score (nSPS) is 15.5. The Morgan fingerprint density at radius 3 is 2.23 bits per heavy atom. The van der Waals surface area contributed by atoms with E-state index in [0.29, 0.717) is 19.5 Å². The van der Waals surface area contributed by atoms with E-state index < -0.39 is 70.4 Å². The third kappa shape index (κ3) is 9.91. The summed E-state index contributed by atoms with van der Waals surface area (Å²) in [4.78, 5) is 56.6. The number of nitrogens with zero attached hydrogens (tertiary/aromatic N) is 1. The van der Waals surface area contributed by atoms with E-state index in [1.54, 1.807) is 0 Å². The number of aliphatic carboxylic acids is 1. The van der Waals surface area contributed by atoms with Crippen LogP contribution < -0.4 is 32.0 Å². The van der Waals surface area contributed by atoms with Gasteiger partial charge in [0.2, 0.25) is 17.7 Å². The van der Waals surface area contributed by atoms with Crippen LogP contribution in [0.5, 0.6) is 11.5 Å². The Balaban J connectivity index is 0.000000267. The number of likely N-dealkylation sites (tertiary alicyclic amines) is 1. The predicted octanol–water partition coefficient (Wildman–Crippen LogP) is 0.104. The van der Waals surface area contributed by atoms with Gasteiger partial charge in [0.1, 0.15) is 36.1 Å². The van der Waals surface area contributed by atoms with Crippen LogP contribution in [0, 0.1) is 0 Å². The van der Waals surface area contributed by atoms with Crippen LogP contribution in [-0.2, 0) is 39.4 Å². The summed E-state index contributed by atoms with van der Waals surface area (Å²) in [5, 5.41) is 20.3. The first-order chi connectivity index (χ1) is 26.1. The highest BCUT2D eigenvalue weighted by atomic mass is 32.2. The number of fused-ring (bicyclic) bond motifs is 2. The van der Waals surface area contributed by atoms with Crippen LogP contribution in [0.2, 0.25) is 0 Å². The van der Waals surface area contributed by atoms with Crippen molar-refractivity contribution >= 4 is 79.5 Å². The lowest BCUT2D eigenvalue weighted by Crippen LogP contribution is -2.35. The van der Waals surface area contributed by atoms with E-state index in [9.17, 15) is 55.0 Å². The Kier molecular flexibility index (Phi) is 13.7. The third-order valence-electron chi connectivity index (χ3n) is 8.44. The predicted molar refractivity (Wildman–Crippen MR) is 199 cm³/mol. The van der Waals surface area contributed by atoms with Crippen molar-refractivity contribution in [2.75, 3.05) is 24.6 Å². The second-order valence-corrected chi connectivity index (χ2v) is 16.3. The van der Waals surface area contributed by atoms with Gasteiger partial charge in [0, 0.05) is 48.5 Å². The molecule has 300 valence electrons. The first kappa shape index (κ1) is 43.4. The number of hydrogen-bond acceptors (Lipinski definition) is 15. The smallest absolute Gasteiger partial charge is 0.336 e. The van der Waals surface area contributed by atoms with Gasteiger partial charge in [-0.05, 0) is 54.3 Å². The zero-order chi connectivity index (χ0) is 41.7. The first-order valence-electron chi connectivity index (χ1n) is 16.5. The number of ether oxygens (including phenoxy) is 1. The summed E-state index contributed by atoms with van der Waals surface area (Å²) >= 11 is 1.12. The maximum Gasteiger partial charge on any atom is 0.336 e. The van der Waals surface area contributed by atoms with E-state index in [2.05, 4.69) is 11.9 Å². The van der Waals surface area contributed by atoms with E-state index in [1.807, 2.05) is 0 Å². The summed E-state index contributed by atoms with van der Waals surface area (Å²) in [6.45, 7) is 5.92. The summed E-state index contributed by atoms with van der Waals surface area (Å²) in [7, 11) is -10.4. The van der Waals surface area contributed by atoms with Gasteiger partial charge in [-0.1, -0.05) is 30.8 Å². The number of carboxylic acids is 2. The number of nitrogens with one attached hydrogen (secondary N) is 1. The van der Waals surface area contributed by atoms with Crippen LogP contribution in [-0.4, -0.2) is 101 Å². The van der Waals surface area contributed by atoms with Crippen LogP contribution in [0.4, 0.5) is 5.69 Å². The number of amides is 3. The van der Waals surface area contributed by atoms with E-state index >= 15 is 0 Å². The van der Waals surface area contributed by atoms with Gasteiger partial charge in [-0.2, -0.15) is 0 Å². The van der Waals surface area contributed by atoms with Crippen molar-refractivity contribution in [2.24, 2.45) is 5.73 Å². The van der Waals surface area contributed by atoms with E-state index in [4.69, 9.17) is 21.3 Å². The number of nitrogen functional groups attached to an aromatic ring is 1. The van der Waals surface area contributed by atoms with Gasteiger partial charge in [-0.25, -0.2) is 21.6 Å². The van der Waals surface area contributed by atoms with Gasteiger partial charge < -0.3 is 40.8 Å². The SMILES string of the molecule is C=c1ccc2c(c1S(=O)(=O)[O-])Oc1c(ccc(N)c1S(=O)(=O)[O-])C=2c1ccccc1C(=O)O.CC(=O)NCCCCCN1C(=O)CC(SC[C@H](N)C(=O)O)C1=O. The highest BCUT2D eigenvalue weighted by molar-refractivity contribution is 8.00. The lowest BCUT2D eigenvalue weighted by molar-refractivity contribution is -0.139. The quantitative estimate of drug-likeness (QED) is 0.0487. The van der Waals surface area contributed by atoms with Crippen molar-refractivity contribution < 1.29 is 64.9 Å². The van der Waals surface area contributed by atoms with Crippen LogP contribution >= 0.6 is 11.8 Å². The number of benzene rings is 3. The molecule has 0 saturated carbocycles. The number of hydrogen-bond donors (Lipinski definition) is 5. The number of aromatic carboxylic acids is 1. The average molecular weight is 833 g/mol. The summed E-state index contributed by atoms with van der Waals surface area (Å²) in [5.41, 5.74) is 10.5. The molecule has 2 aliphatic rings. The van der Waals surface area contributed by atoms with E-state index in [-0.39, 0.29) is 62.6 Å². The van der Waals surface area contributed by atoms with E-state index in [0.717, 1.165) is 30.7 Å². The minimum atomic E-state index is -5.24. The van der Waals surface area contributed by atoms with Crippen molar-refractivity contribution in [1.82, 2.24) is 10.2 Å². The first-order valence-corrected chi connectivity index (χ1v) is 20.4. The molecule has 0 bridgehead atoms. The van der Waals surface area contributed by atoms with Gasteiger partial charge >= 0.3 is 11.9 Å². The highest BCUT2D eigenvalue weighted by Gasteiger charge is 2.39. The maximum atomic E-state index is 12.1. The van der Waals surface area contributed by atoms with Gasteiger partial charge in [0.15, 0.2) is 11.5 Å². The fourth-order valence-corrected chi connectivity index (χ4v) is 8.50. The molecule has 0 spiro atoms. The lowest BCUT2D eigenvalue weighted by Gasteiger charge is -2.27. The van der Waals surface area contributed by atoms with Gasteiger partial charge in [-0.15, -0.1) is 11.8 Å². The number of anilines is 1. The fraction of sp³-hybridized carbons (Fsp3) is 0.286. The van der Waals surface area contributed by atoms with Crippen molar-refractivity contribution in [2.45, 2.75) is 53.7 Å². The Bertz CT molecular complexity index is 2440. The molecule has 1 unspecified atom stereocenters. The Hall–Kier alpha value is -5.32. The topological polar surface area (TPSA) is 317 Å². The Labute approximate surface area is 324 Å². The number of carboxylic acid groups (broad SMARTS) is 2. The monoisotopic (exact) mass is 832 g/mol. The molecule has 3 aromatic carbocycles. The molecule has 5 rings (SSSR count). The van der Waals surface area contributed by atoms with Crippen molar-refractivity contribution in [1.29, 1.82) is 0 Å². The summed E-state index contributed by atoms with van der Waals surface area (Å²) < 4.78 is 77.6. The number of thioether (sulfide) groups is 1. The average Bonchev–Trinajstić information content (AvgIpc) is 3.37. The molecular weight excluding hydrogens is 797 g/mol. The molecule has 1 fully saturated rings. The van der Waals surface area contributed by atoms with Gasteiger partial charge in [-0.3, -0.25) is 24.1 Å². The number of imide groups is 1. The van der Waals surface area contributed by atoms with Crippen molar-refractivity contribution in [3.05, 3.63) is 75.7 Å². The second-order valence-electron chi connectivity index (χ2n) is 12.4. The van der Waals surface area contributed by atoms with E-state index in [1.165, 1.54) is 54.3 Å². The number of nitrogens with two attached hydrogens (primary N) is 2. The van der Waals surface area contributed by atoms with Crippen LogP contribution in [0.3, 0.4) is 0 Å². The van der Waals surface area contributed by atoms with Crippen LogP contribution in [0.15, 0.2) is 58.3 Å². The second kappa shape index (κ2) is 17.6. The molecule has 0 aliphatic carbocycles. The molecule has 1 saturated heterocycles. The Morgan fingerprint density at radius 2 is 1.62 bits per heavy atom. The zero-order valence-corrected chi connectivity index (χ0v) is 32.0. The minimum absolute atomic E-state index is 0.0166. The summed E-state index contributed by atoms with van der Waals surface area (Å²) in [6.07, 6.45) is 2.38. The molecular formula is C35H36N4O14S3-2. The largest absolute Gasteiger partial charge is 0.744 e. The van der Waals surface area contributed by atoms with Crippen LogP contribution in [0.1, 0.15) is 54.1 Å². The molecule has 2 heterocycles. The molecule has 3 aromatic rings.